The van der Waals surface area contributed by atoms with Crippen molar-refractivity contribution in [3.63, 3.8) is 0 Å². The third-order valence-electron chi connectivity index (χ3n) is 13.3. The van der Waals surface area contributed by atoms with Crippen molar-refractivity contribution in [2.45, 2.75) is 19.3 Å². The predicted molar refractivity (Wildman–Crippen MR) is 258 cm³/mol. The van der Waals surface area contributed by atoms with Crippen LogP contribution < -0.4 is 4.90 Å². The molecule has 60 heavy (non-hydrogen) atoms. The summed E-state index contributed by atoms with van der Waals surface area (Å²) in [6, 6.07) is 72.3. The number of para-hydroxylation sites is 2. The lowest BCUT2D eigenvalue weighted by Crippen LogP contribution is -2.16. The molecule has 0 unspecified atom stereocenters. The van der Waals surface area contributed by atoms with Gasteiger partial charge in [-0.15, -0.1) is 11.3 Å². The van der Waals surface area contributed by atoms with Crippen molar-refractivity contribution in [2.75, 3.05) is 4.90 Å². The van der Waals surface area contributed by atoms with E-state index in [4.69, 9.17) is 0 Å². The van der Waals surface area contributed by atoms with Crippen LogP contribution in [0.2, 0.25) is 0 Å². The summed E-state index contributed by atoms with van der Waals surface area (Å²) in [7, 11) is 0. The van der Waals surface area contributed by atoms with Gasteiger partial charge in [-0.2, -0.15) is 0 Å². The Kier molecular flexibility index (Phi) is 6.98. The van der Waals surface area contributed by atoms with Gasteiger partial charge in [-0.3, -0.25) is 0 Å². The summed E-state index contributed by atoms with van der Waals surface area (Å²) in [4.78, 5) is 2.46. The molecule has 0 saturated heterocycles. The van der Waals surface area contributed by atoms with E-state index in [0.29, 0.717) is 0 Å². The minimum atomic E-state index is -0.112. The molecule has 2 aromatic heterocycles. The van der Waals surface area contributed by atoms with Gasteiger partial charge in [0.15, 0.2) is 0 Å². The first-order valence-electron chi connectivity index (χ1n) is 20.8. The average Bonchev–Trinajstić information content (AvgIpc) is 3.92. The van der Waals surface area contributed by atoms with Crippen LogP contribution in [0.5, 0.6) is 0 Å². The van der Waals surface area contributed by atoms with E-state index in [1.807, 2.05) is 11.3 Å². The second kappa shape index (κ2) is 12.4. The van der Waals surface area contributed by atoms with Crippen LogP contribution in [0.15, 0.2) is 194 Å². The summed E-state index contributed by atoms with van der Waals surface area (Å²) in [5.41, 5.74) is 14.7. The molecule has 13 rings (SSSR count). The number of nitrogens with zero attached hydrogens (tertiary/aromatic N) is 2. The molecule has 0 fully saturated rings. The Morgan fingerprint density at radius 1 is 0.400 bits per heavy atom. The Morgan fingerprint density at radius 3 is 1.83 bits per heavy atom. The number of hydrogen-bond acceptors (Lipinski definition) is 2. The molecular weight excluding hydrogens is 745 g/mol. The highest BCUT2D eigenvalue weighted by molar-refractivity contribution is 7.26. The van der Waals surface area contributed by atoms with Crippen molar-refractivity contribution in [3.8, 4) is 27.9 Å². The molecule has 1 aliphatic carbocycles. The van der Waals surface area contributed by atoms with E-state index in [9.17, 15) is 0 Å². The first-order valence-corrected chi connectivity index (χ1v) is 21.7. The van der Waals surface area contributed by atoms with E-state index < -0.39 is 0 Å². The normalized spacial score (nSPS) is 13.3. The van der Waals surface area contributed by atoms with E-state index in [-0.39, 0.29) is 5.41 Å². The zero-order valence-electron chi connectivity index (χ0n) is 33.3. The van der Waals surface area contributed by atoms with Gasteiger partial charge in [-0.25, -0.2) is 0 Å². The molecule has 2 heterocycles. The van der Waals surface area contributed by atoms with Crippen LogP contribution >= 0.6 is 11.3 Å². The maximum absolute atomic E-state index is 2.46. The Hall–Kier alpha value is -7.20. The molecule has 2 nitrogen and oxygen atoms in total. The van der Waals surface area contributed by atoms with Crippen LogP contribution in [-0.4, -0.2) is 4.57 Å². The molecule has 0 amide bonds. The van der Waals surface area contributed by atoms with E-state index in [0.717, 1.165) is 17.1 Å². The third kappa shape index (κ3) is 4.70. The molecule has 0 bridgehead atoms. The summed E-state index contributed by atoms with van der Waals surface area (Å²) < 4.78 is 5.08. The van der Waals surface area contributed by atoms with Crippen molar-refractivity contribution in [2.24, 2.45) is 0 Å². The number of benzene rings is 10. The Balaban J connectivity index is 0.984. The highest BCUT2D eigenvalue weighted by Gasteiger charge is 2.35. The van der Waals surface area contributed by atoms with Gasteiger partial charge in [0.1, 0.15) is 0 Å². The van der Waals surface area contributed by atoms with E-state index >= 15 is 0 Å². The number of hydrogen-bond donors (Lipinski definition) is 0. The van der Waals surface area contributed by atoms with Crippen molar-refractivity contribution >= 4 is 91.9 Å². The number of anilines is 3. The minimum absolute atomic E-state index is 0.112. The number of rotatable bonds is 5. The van der Waals surface area contributed by atoms with Crippen LogP contribution in [0.1, 0.15) is 25.0 Å². The molecule has 3 heteroatoms. The second-order valence-electron chi connectivity index (χ2n) is 16.9. The van der Waals surface area contributed by atoms with Crippen LogP contribution in [0.3, 0.4) is 0 Å². The fourth-order valence-electron chi connectivity index (χ4n) is 10.5. The third-order valence-corrected chi connectivity index (χ3v) is 14.5. The lowest BCUT2D eigenvalue weighted by molar-refractivity contribution is 0.660. The molecule has 0 radical (unpaired) electrons. The van der Waals surface area contributed by atoms with Gasteiger partial charge >= 0.3 is 0 Å². The SMILES string of the molecule is CC1(C)c2ccccc2-c2ccc(N(c3ccc(-c4ccc5c(c4)c4ccccc4n5-c4ccccc4)cc3)c3ccc4c(c3)c3cccc5sc6cccc4c6c53)cc21. The van der Waals surface area contributed by atoms with Gasteiger partial charge < -0.3 is 9.47 Å². The molecular formula is C57H38N2S. The van der Waals surface area contributed by atoms with Gasteiger partial charge in [0, 0.05) is 59.1 Å². The lowest BCUT2D eigenvalue weighted by Gasteiger charge is -2.28. The first kappa shape index (κ1) is 33.7. The van der Waals surface area contributed by atoms with Crippen LogP contribution in [0.4, 0.5) is 17.1 Å². The molecule has 10 aromatic carbocycles. The highest BCUT2D eigenvalue weighted by Crippen LogP contribution is 2.52. The topological polar surface area (TPSA) is 8.17 Å². The van der Waals surface area contributed by atoms with E-state index in [2.05, 4.69) is 217 Å². The summed E-state index contributed by atoms with van der Waals surface area (Å²) in [5, 5.41) is 10.5. The first-order chi connectivity index (χ1) is 29.5. The van der Waals surface area contributed by atoms with Crippen LogP contribution in [-0.2, 0) is 5.41 Å². The minimum Gasteiger partial charge on any atom is -0.310 e. The standard InChI is InChI=1S/C57H38N2S/c1-57(2)49-18-8-6-14-42(49)43-30-28-40(34-50(43)57)58(39-27-29-41-45-16-10-20-53-55(45)56-46(47(41)33-39)17-11-21-54(56)60-53)38-25-22-35(23-26-38)36-24-31-52-48(32-36)44-15-7-9-19-51(44)59(52)37-12-4-3-5-13-37/h3-34H,1-2H3. The van der Waals surface area contributed by atoms with Gasteiger partial charge in [0.25, 0.3) is 0 Å². The van der Waals surface area contributed by atoms with Crippen molar-refractivity contribution < 1.29 is 0 Å². The maximum Gasteiger partial charge on any atom is 0.0541 e. The van der Waals surface area contributed by atoms with Crippen molar-refractivity contribution in [1.29, 1.82) is 0 Å². The molecule has 1 aliphatic rings. The Labute approximate surface area is 352 Å². The molecule has 0 aliphatic heterocycles. The molecule has 12 aromatic rings. The average molecular weight is 783 g/mol. The largest absolute Gasteiger partial charge is 0.310 e. The second-order valence-corrected chi connectivity index (χ2v) is 18.0. The van der Waals surface area contributed by atoms with Gasteiger partial charge in [-0.05, 0) is 134 Å². The monoisotopic (exact) mass is 782 g/mol. The van der Waals surface area contributed by atoms with Gasteiger partial charge in [0.2, 0.25) is 0 Å². The van der Waals surface area contributed by atoms with Crippen LogP contribution in [0, 0.1) is 0 Å². The summed E-state index contributed by atoms with van der Waals surface area (Å²) in [6.45, 7) is 4.74. The van der Waals surface area contributed by atoms with E-state index in [1.165, 1.54) is 103 Å². The zero-order valence-corrected chi connectivity index (χ0v) is 34.1. The Bertz CT molecular complexity index is 3680. The van der Waals surface area contributed by atoms with Crippen molar-refractivity contribution in [1.82, 2.24) is 4.57 Å². The number of thiophene rings is 1. The molecule has 0 spiro atoms. The van der Waals surface area contributed by atoms with E-state index in [1.54, 1.807) is 0 Å². The fraction of sp³-hybridized carbons (Fsp3) is 0.0526. The zero-order chi connectivity index (χ0) is 39.7. The van der Waals surface area contributed by atoms with Crippen molar-refractivity contribution in [3.05, 3.63) is 205 Å². The highest BCUT2D eigenvalue weighted by atomic mass is 32.1. The molecule has 282 valence electrons. The lowest BCUT2D eigenvalue weighted by atomic mass is 9.82. The molecule has 0 saturated carbocycles. The Morgan fingerprint density at radius 2 is 1.02 bits per heavy atom. The molecule has 0 atom stereocenters. The quantitative estimate of drug-likeness (QED) is 0.158. The molecule has 0 N–H and O–H groups in total. The summed E-state index contributed by atoms with van der Waals surface area (Å²) in [6.07, 6.45) is 0. The fourth-order valence-corrected chi connectivity index (χ4v) is 11.7. The summed E-state index contributed by atoms with van der Waals surface area (Å²) in [5.74, 6) is 0. The number of aromatic nitrogens is 1. The van der Waals surface area contributed by atoms with Crippen LogP contribution in [0.25, 0.3) is 91.5 Å². The van der Waals surface area contributed by atoms with Gasteiger partial charge in [0.05, 0.1) is 11.0 Å². The predicted octanol–water partition coefficient (Wildman–Crippen LogP) is 16.3. The maximum atomic E-state index is 2.46. The van der Waals surface area contributed by atoms with Gasteiger partial charge in [-0.1, -0.05) is 129 Å². The summed E-state index contributed by atoms with van der Waals surface area (Å²) >= 11 is 1.90. The smallest absolute Gasteiger partial charge is 0.0541 e. The number of fused-ring (bicyclic) bond motifs is 9.